The number of nitrogens with one attached hydrogen (secondary N) is 1. The summed E-state index contributed by atoms with van der Waals surface area (Å²) >= 11 is 0. The summed E-state index contributed by atoms with van der Waals surface area (Å²) in [5, 5.41) is 6.44. The maximum atomic E-state index is 13.1. The highest BCUT2D eigenvalue weighted by Gasteiger charge is 2.46. The van der Waals surface area contributed by atoms with E-state index in [4.69, 9.17) is 30.1 Å². The number of anilines is 1. The number of ether oxygens (including phenoxy) is 5. The van der Waals surface area contributed by atoms with Crippen molar-refractivity contribution < 1.29 is 47.7 Å². The predicted molar refractivity (Wildman–Crippen MR) is 156 cm³/mol. The zero-order chi connectivity index (χ0) is 33.1. The molecule has 0 bridgehead atoms. The Labute approximate surface area is 260 Å². The number of hydrogen-bond donors (Lipinski definition) is 1. The van der Waals surface area contributed by atoms with Gasteiger partial charge in [0.15, 0.2) is 11.9 Å². The highest BCUT2D eigenvalue weighted by molar-refractivity contribution is 5.95. The van der Waals surface area contributed by atoms with E-state index < -0.39 is 36.5 Å². The van der Waals surface area contributed by atoms with Gasteiger partial charge in [-0.15, -0.1) is 11.5 Å². The van der Waals surface area contributed by atoms with Gasteiger partial charge in [-0.3, -0.25) is 19.2 Å². The Kier molecular flexibility index (Phi) is 12.6. The monoisotopic (exact) mass is 627 g/mol. The molecule has 45 heavy (non-hydrogen) atoms. The maximum Gasteiger partial charge on any atom is 0.436 e. The Hall–Kier alpha value is -4.81. The van der Waals surface area contributed by atoms with Crippen molar-refractivity contribution in [2.24, 2.45) is 11.8 Å². The van der Waals surface area contributed by atoms with E-state index in [1.54, 1.807) is 6.07 Å². The molecule has 0 aliphatic carbocycles. The van der Waals surface area contributed by atoms with Crippen LogP contribution in [0.1, 0.15) is 39.7 Å². The largest absolute Gasteiger partial charge is 0.459 e. The van der Waals surface area contributed by atoms with E-state index in [9.17, 15) is 24.0 Å². The number of esters is 1. The molecule has 1 aliphatic rings. The number of nitrogens with zero attached hydrogens (tertiary/aromatic N) is 4. The predicted octanol–water partition coefficient (Wildman–Crippen LogP) is 1.80. The molecule has 1 saturated heterocycles. The van der Waals surface area contributed by atoms with E-state index in [0.717, 1.165) is 4.68 Å². The Morgan fingerprint density at radius 3 is 2.56 bits per heavy atom. The molecule has 1 aromatic heterocycles. The zero-order valence-electron chi connectivity index (χ0n) is 25.8. The van der Waals surface area contributed by atoms with Gasteiger partial charge in [0.05, 0.1) is 25.3 Å². The number of carbonyl (C=O) groups excluding carboxylic acids is 5. The number of aromatic nitrogens is 3. The molecule has 2 aromatic rings. The normalized spacial score (nSPS) is 20.8. The summed E-state index contributed by atoms with van der Waals surface area (Å²) in [4.78, 5) is 67.0. The van der Waals surface area contributed by atoms with E-state index >= 15 is 0 Å². The molecule has 3 rings (SSSR count). The number of amides is 2. The fourth-order valence-corrected chi connectivity index (χ4v) is 4.56. The van der Waals surface area contributed by atoms with Gasteiger partial charge in [-0.25, -0.2) is 9.78 Å². The lowest BCUT2D eigenvalue weighted by atomic mass is 9.82. The van der Waals surface area contributed by atoms with Gasteiger partial charge in [0.25, 0.3) is 0 Å². The van der Waals surface area contributed by atoms with Crippen LogP contribution in [-0.2, 0) is 44.7 Å². The second kappa shape index (κ2) is 16.3. The summed E-state index contributed by atoms with van der Waals surface area (Å²) in [5.41, 5.74) is 0.606. The average molecular weight is 628 g/mol. The molecule has 1 N–H and O–H groups in total. The summed E-state index contributed by atoms with van der Waals surface area (Å²) < 4.78 is 29.0. The number of Topliss-reactive ketones (excluding diaryl/α,β-unsaturated/α-hetero) is 1. The first kappa shape index (κ1) is 34.7. The molecular formula is C30H37N5O10. The van der Waals surface area contributed by atoms with Gasteiger partial charge in [0.1, 0.15) is 37.7 Å². The van der Waals surface area contributed by atoms with Crippen LogP contribution in [-0.4, -0.2) is 94.6 Å². The Balaban J connectivity index is 1.84. The van der Waals surface area contributed by atoms with E-state index in [2.05, 4.69) is 21.3 Å². The van der Waals surface area contributed by atoms with Crippen molar-refractivity contribution in [2.75, 3.05) is 32.1 Å². The molecule has 2 amide bonds. The number of benzene rings is 1. The lowest BCUT2D eigenvalue weighted by Crippen LogP contribution is -2.55. The summed E-state index contributed by atoms with van der Waals surface area (Å²) in [5.74, 6) is 0.122. The van der Waals surface area contributed by atoms with Crippen molar-refractivity contribution in [3.8, 4) is 18.1 Å². The van der Waals surface area contributed by atoms with Crippen molar-refractivity contribution in [3.63, 3.8) is 0 Å². The van der Waals surface area contributed by atoms with Crippen LogP contribution in [0.15, 0.2) is 30.9 Å². The highest BCUT2D eigenvalue weighted by atomic mass is 16.7. The molecular weight excluding hydrogens is 590 g/mol. The summed E-state index contributed by atoms with van der Waals surface area (Å²) in [6.45, 7) is 5.97. The number of hydrogen-bond acceptors (Lipinski definition) is 12. The first-order valence-corrected chi connectivity index (χ1v) is 14.1. The lowest BCUT2D eigenvalue weighted by Gasteiger charge is -2.42. The zero-order valence-corrected chi connectivity index (χ0v) is 25.8. The van der Waals surface area contributed by atoms with Crippen molar-refractivity contribution in [1.82, 2.24) is 19.7 Å². The molecule has 2 heterocycles. The van der Waals surface area contributed by atoms with Crippen LogP contribution in [0.5, 0.6) is 5.75 Å². The molecule has 0 spiro atoms. The van der Waals surface area contributed by atoms with Gasteiger partial charge in [0.2, 0.25) is 18.1 Å². The third-order valence-electron chi connectivity index (χ3n) is 7.06. The molecule has 1 fully saturated rings. The van der Waals surface area contributed by atoms with Gasteiger partial charge in [-0.1, -0.05) is 25.8 Å². The Bertz CT molecular complexity index is 1410. The van der Waals surface area contributed by atoms with Crippen LogP contribution in [0.25, 0.3) is 0 Å². The van der Waals surface area contributed by atoms with Gasteiger partial charge in [-0.2, -0.15) is 4.68 Å². The Morgan fingerprint density at radius 1 is 1.16 bits per heavy atom. The van der Waals surface area contributed by atoms with Gasteiger partial charge in [0, 0.05) is 19.9 Å². The molecule has 0 radical (unpaired) electrons. The van der Waals surface area contributed by atoms with Crippen LogP contribution in [0.4, 0.5) is 10.5 Å². The number of terminal acetylenes is 1. The van der Waals surface area contributed by atoms with Crippen molar-refractivity contribution in [1.29, 1.82) is 0 Å². The SMILES string of the molecule is C#CCOCCC(=O)N(C)CC(=O)Nc1cc(COC(=O)n2cncn2)ccc1O[C@@H]1OC(C(C)=O)[C@@H](C)[C@H](C)C1OC(C)=O. The van der Waals surface area contributed by atoms with E-state index in [1.807, 2.05) is 13.8 Å². The minimum absolute atomic E-state index is 0.0247. The van der Waals surface area contributed by atoms with Crippen LogP contribution in [0.2, 0.25) is 0 Å². The second-order valence-corrected chi connectivity index (χ2v) is 10.5. The molecule has 2 unspecified atom stereocenters. The molecule has 15 nitrogen and oxygen atoms in total. The lowest BCUT2D eigenvalue weighted by molar-refractivity contribution is -0.241. The van der Waals surface area contributed by atoms with Crippen molar-refractivity contribution >= 4 is 35.3 Å². The molecule has 15 heteroatoms. The highest BCUT2D eigenvalue weighted by Crippen LogP contribution is 2.36. The average Bonchev–Trinajstić information content (AvgIpc) is 3.53. The number of carbonyl (C=O) groups is 5. The fourth-order valence-electron chi connectivity index (χ4n) is 4.56. The summed E-state index contributed by atoms with van der Waals surface area (Å²) in [6, 6.07) is 4.60. The first-order chi connectivity index (χ1) is 21.4. The first-order valence-electron chi connectivity index (χ1n) is 14.1. The molecule has 5 atom stereocenters. The van der Waals surface area contributed by atoms with Crippen LogP contribution < -0.4 is 10.1 Å². The maximum absolute atomic E-state index is 13.1. The van der Waals surface area contributed by atoms with E-state index in [-0.39, 0.29) is 67.7 Å². The standard InChI is InChI=1S/C30H37N5O10/c1-7-11-41-12-10-26(39)34(6)14-25(38)33-23-13-22(15-42-30(40)35-17-31-16-32-35)8-9-24(23)44-29-28(43-21(5)37)19(3)18(2)27(45-29)20(4)36/h1,8-9,13,16-19,27-29H,10-12,14-15H2,2-6H3,(H,33,38)/t18-,19-,27?,28?,29+/m0/s1. The second-order valence-electron chi connectivity index (χ2n) is 10.5. The quantitative estimate of drug-likeness (QED) is 0.194. The summed E-state index contributed by atoms with van der Waals surface area (Å²) in [6.07, 6.45) is 3.85. The number of ketones is 1. The Morgan fingerprint density at radius 2 is 1.91 bits per heavy atom. The summed E-state index contributed by atoms with van der Waals surface area (Å²) in [7, 11) is 1.46. The fraction of sp³-hybridized carbons (Fsp3) is 0.500. The van der Waals surface area contributed by atoms with Crippen LogP contribution in [0.3, 0.4) is 0 Å². The van der Waals surface area contributed by atoms with Crippen LogP contribution in [0, 0.1) is 24.2 Å². The van der Waals surface area contributed by atoms with Gasteiger partial charge in [-0.05, 0) is 30.5 Å². The number of likely N-dealkylation sites (N-methyl/N-ethyl adjacent to an activating group) is 1. The van der Waals surface area contributed by atoms with Gasteiger partial charge >= 0.3 is 12.1 Å². The van der Waals surface area contributed by atoms with Crippen molar-refractivity contribution in [3.05, 3.63) is 36.4 Å². The van der Waals surface area contributed by atoms with Crippen molar-refractivity contribution in [2.45, 2.75) is 59.2 Å². The topological polar surface area (TPSA) is 177 Å². The minimum Gasteiger partial charge on any atom is -0.459 e. The third kappa shape index (κ3) is 9.85. The van der Waals surface area contributed by atoms with Gasteiger partial charge < -0.3 is 33.9 Å². The molecule has 1 aliphatic heterocycles. The smallest absolute Gasteiger partial charge is 0.436 e. The van der Waals surface area contributed by atoms with E-state index in [1.165, 1.54) is 50.6 Å². The minimum atomic E-state index is -1.20. The number of rotatable bonds is 13. The van der Waals surface area contributed by atoms with E-state index in [0.29, 0.717) is 5.56 Å². The van der Waals surface area contributed by atoms with Crippen LogP contribution >= 0.6 is 0 Å². The molecule has 242 valence electrons. The third-order valence-corrected chi connectivity index (χ3v) is 7.06. The molecule has 0 saturated carbocycles. The molecule has 1 aromatic carbocycles.